The van der Waals surface area contributed by atoms with E-state index in [0.717, 1.165) is 51.0 Å². The first-order valence-corrected chi connectivity index (χ1v) is 8.67. The van der Waals surface area contributed by atoms with Crippen LogP contribution in [0.1, 0.15) is 30.4 Å². The summed E-state index contributed by atoms with van der Waals surface area (Å²) in [5.74, 6) is 0.330. The number of rotatable bonds is 4. The van der Waals surface area contributed by atoms with Gasteiger partial charge in [-0.05, 0) is 49.6 Å². The topological polar surface area (TPSA) is 49.6 Å². The maximum atomic E-state index is 13.1. The summed E-state index contributed by atoms with van der Waals surface area (Å²) in [5, 5.41) is 0. The van der Waals surface area contributed by atoms with Gasteiger partial charge in [-0.25, -0.2) is 0 Å². The Balaban J connectivity index is 1.44. The molecular weight excluding hydrogens is 302 g/mol. The molecular formula is C19H23N3O2. The molecule has 126 valence electrons. The molecule has 0 unspecified atom stereocenters. The first-order valence-electron chi connectivity index (χ1n) is 8.67. The molecule has 0 radical (unpaired) electrons. The van der Waals surface area contributed by atoms with Crippen LogP contribution in [0.5, 0.6) is 0 Å². The summed E-state index contributed by atoms with van der Waals surface area (Å²) in [6.45, 7) is 4.36. The molecule has 1 atom stereocenters. The van der Waals surface area contributed by atoms with Crippen LogP contribution in [-0.2, 0) is 17.9 Å². The van der Waals surface area contributed by atoms with E-state index < -0.39 is 0 Å². The van der Waals surface area contributed by atoms with Crippen molar-refractivity contribution in [1.29, 1.82) is 0 Å². The molecule has 2 aliphatic heterocycles. The van der Waals surface area contributed by atoms with Gasteiger partial charge in [0.05, 0.1) is 17.9 Å². The Morgan fingerprint density at radius 2 is 1.96 bits per heavy atom. The zero-order chi connectivity index (χ0) is 16.4. The van der Waals surface area contributed by atoms with Crippen LogP contribution >= 0.6 is 0 Å². The highest BCUT2D eigenvalue weighted by Crippen LogP contribution is 2.41. The second kappa shape index (κ2) is 6.40. The Bertz CT molecular complexity index is 686. The Labute approximate surface area is 142 Å². The van der Waals surface area contributed by atoms with Crippen LogP contribution in [0.3, 0.4) is 0 Å². The van der Waals surface area contributed by atoms with Gasteiger partial charge in [0.25, 0.3) is 0 Å². The fraction of sp³-hybridized carbons (Fsp3) is 0.474. The van der Waals surface area contributed by atoms with E-state index >= 15 is 0 Å². The van der Waals surface area contributed by atoms with Crippen LogP contribution in [-0.4, -0.2) is 40.3 Å². The monoisotopic (exact) mass is 325 g/mol. The summed E-state index contributed by atoms with van der Waals surface area (Å²) in [5.41, 5.74) is 2.15. The highest BCUT2D eigenvalue weighted by Gasteiger charge is 2.48. The third kappa shape index (κ3) is 2.96. The van der Waals surface area contributed by atoms with E-state index in [4.69, 9.17) is 4.42 Å². The molecule has 0 N–H and O–H groups in total. The van der Waals surface area contributed by atoms with Crippen molar-refractivity contribution in [3.05, 3.63) is 54.2 Å². The van der Waals surface area contributed by atoms with Crippen LogP contribution in [0, 0.1) is 5.41 Å². The van der Waals surface area contributed by atoms with Gasteiger partial charge in [0.15, 0.2) is 0 Å². The van der Waals surface area contributed by atoms with E-state index in [1.54, 1.807) is 24.9 Å². The quantitative estimate of drug-likeness (QED) is 0.867. The van der Waals surface area contributed by atoms with Gasteiger partial charge in [0.1, 0.15) is 0 Å². The lowest BCUT2D eigenvalue weighted by Gasteiger charge is -2.39. The average molecular weight is 325 g/mol. The molecule has 0 aromatic carbocycles. The molecule has 0 saturated carbocycles. The molecule has 2 saturated heterocycles. The van der Waals surface area contributed by atoms with Gasteiger partial charge in [0.2, 0.25) is 5.91 Å². The van der Waals surface area contributed by atoms with Gasteiger partial charge in [0, 0.05) is 44.1 Å². The predicted molar refractivity (Wildman–Crippen MR) is 89.9 cm³/mol. The number of pyridine rings is 1. The number of amides is 1. The lowest BCUT2D eigenvalue weighted by Crippen LogP contribution is -2.47. The number of carbonyl (C=O) groups is 1. The Kier molecular flexibility index (Phi) is 4.10. The summed E-state index contributed by atoms with van der Waals surface area (Å²) in [6.07, 6.45) is 10.2. The number of likely N-dealkylation sites (tertiary alicyclic amines) is 2. The number of hydrogen-bond donors (Lipinski definition) is 0. The van der Waals surface area contributed by atoms with Crippen molar-refractivity contribution in [2.45, 2.75) is 32.4 Å². The van der Waals surface area contributed by atoms with Gasteiger partial charge in [-0.1, -0.05) is 0 Å². The maximum Gasteiger partial charge on any atom is 0.230 e. The van der Waals surface area contributed by atoms with Gasteiger partial charge in [-0.3, -0.25) is 14.7 Å². The molecule has 5 heteroatoms. The smallest absolute Gasteiger partial charge is 0.230 e. The summed E-state index contributed by atoms with van der Waals surface area (Å²) in [7, 11) is 0. The molecule has 4 rings (SSSR count). The fourth-order valence-electron chi connectivity index (χ4n) is 4.13. The number of furan rings is 1. The fourth-order valence-corrected chi connectivity index (χ4v) is 4.13. The summed E-state index contributed by atoms with van der Waals surface area (Å²) in [6, 6.07) is 5.99. The van der Waals surface area contributed by atoms with Crippen molar-refractivity contribution in [2.24, 2.45) is 5.41 Å². The second-order valence-corrected chi connectivity index (χ2v) is 7.06. The Hall–Kier alpha value is -2.14. The van der Waals surface area contributed by atoms with E-state index in [2.05, 4.69) is 9.88 Å². The molecule has 2 fully saturated rings. The maximum absolute atomic E-state index is 13.1. The summed E-state index contributed by atoms with van der Waals surface area (Å²) >= 11 is 0. The van der Waals surface area contributed by atoms with Crippen LogP contribution in [0.2, 0.25) is 0 Å². The van der Waals surface area contributed by atoms with Crippen LogP contribution in [0.15, 0.2) is 47.5 Å². The minimum Gasteiger partial charge on any atom is -0.472 e. The molecule has 1 amide bonds. The van der Waals surface area contributed by atoms with Gasteiger partial charge in [-0.15, -0.1) is 0 Å². The standard InChI is InChI=1S/C19H23N3O2/c23-18-19(6-10-22(18)13-16-2-7-20-8-3-16)5-1-9-21(15-19)12-17-4-11-24-14-17/h2-4,7-8,11,14H,1,5-6,9-10,12-13,15H2/t19-/m1/s1. The van der Waals surface area contributed by atoms with E-state index in [-0.39, 0.29) is 5.41 Å². The molecule has 1 spiro atoms. The molecule has 24 heavy (non-hydrogen) atoms. The van der Waals surface area contributed by atoms with Gasteiger partial charge < -0.3 is 9.32 Å². The van der Waals surface area contributed by atoms with E-state index in [9.17, 15) is 4.79 Å². The third-order valence-corrected chi connectivity index (χ3v) is 5.37. The largest absolute Gasteiger partial charge is 0.472 e. The van der Waals surface area contributed by atoms with Crippen LogP contribution < -0.4 is 0 Å². The number of aromatic nitrogens is 1. The van der Waals surface area contributed by atoms with Crippen molar-refractivity contribution in [2.75, 3.05) is 19.6 Å². The molecule has 2 aliphatic rings. The normalized spacial score (nSPS) is 24.8. The number of carbonyl (C=O) groups excluding carboxylic acids is 1. The summed E-state index contributed by atoms with van der Waals surface area (Å²) in [4.78, 5) is 21.6. The minimum absolute atomic E-state index is 0.185. The summed E-state index contributed by atoms with van der Waals surface area (Å²) < 4.78 is 5.17. The first kappa shape index (κ1) is 15.4. The van der Waals surface area contributed by atoms with Gasteiger partial charge in [-0.2, -0.15) is 0 Å². The average Bonchev–Trinajstić information content (AvgIpc) is 3.21. The van der Waals surface area contributed by atoms with Crippen molar-refractivity contribution in [1.82, 2.24) is 14.8 Å². The van der Waals surface area contributed by atoms with E-state index in [1.807, 2.05) is 23.1 Å². The van der Waals surface area contributed by atoms with Crippen molar-refractivity contribution in [3.63, 3.8) is 0 Å². The van der Waals surface area contributed by atoms with Crippen molar-refractivity contribution in [3.8, 4) is 0 Å². The van der Waals surface area contributed by atoms with E-state index in [1.165, 1.54) is 5.56 Å². The minimum atomic E-state index is -0.185. The molecule has 0 aliphatic carbocycles. The zero-order valence-corrected chi connectivity index (χ0v) is 13.9. The van der Waals surface area contributed by atoms with E-state index in [0.29, 0.717) is 12.5 Å². The SMILES string of the molecule is O=C1N(Cc2ccncc2)CC[C@@]12CCCN(Cc1ccoc1)C2. The molecule has 5 nitrogen and oxygen atoms in total. The Morgan fingerprint density at radius 1 is 1.08 bits per heavy atom. The van der Waals surface area contributed by atoms with Crippen LogP contribution in [0.4, 0.5) is 0 Å². The number of piperidine rings is 1. The molecule has 0 bridgehead atoms. The zero-order valence-electron chi connectivity index (χ0n) is 13.9. The highest BCUT2D eigenvalue weighted by atomic mass is 16.3. The molecule has 2 aromatic rings. The number of hydrogen-bond acceptors (Lipinski definition) is 4. The van der Waals surface area contributed by atoms with Gasteiger partial charge >= 0.3 is 0 Å². The first-order chi connectivity index (χ1) is 11.8. The lowest BCUT2D eigenvalue weighted by atomic mass is 9.78. The second-order valence-electron chi connectivity index (χ2n) is 7.06. The van der Waals surface area contributed by atoms with Crippen LogP contribution in [0.25, 0.3) is 0 Å². The van der Waals surface area contributed by atoms with Crippen molar-refractivity contribution >= 4 is 5.91 Å². The lowest BCUT2D eigenvalue weighted by molar-refractivity contribution is -0.139. The Morgan fingerprint density at radius 3 is 2.75 bits per heavy atom. The molecule has 2 aromatic heterocycles. The molecule has 4 heterocycles. The third-order valence-electron chi connectivity index (χ3n) is 5.37. The highest BCUT2D eigenvalue weighted by molar-refractivity contribution is 5.85. The van der Waals surface area contributed by atoms with Crippen molar-refractivity contribution < 1.29 is 9.21 Å². The number of nitrogens with zero attached hydrogens (tertiary/aromatic N) is 3. The predicted octanol–water partition coefficient (Wildman–Crippen LogP) is 2.69.